The summed E-state index contributed by atoms with van der Waals surface area (Å²) < 4.78 is 98.8. The van der Waals surface area contributed by atoms with Crippen molar-refractivity contribution in [1.82, 2.24) is 4.90 Å². The Morgan fingerprint density at radius 3 is 2.19 bits per heavy atom. The van der Waals surface area contributed by atoms with Crippen LogP contribution in [0.1, 0.15) is 35.1 Å². The number of rotatable bonds is 8. The molecule has 4 aromatic rings. The number of hydrogen-bond donors (Lipinski definition) is 0. The minimum Gasteiger partial charge on any atom is -0.497 e. The third kappa shape index (κ3) is 6.41. The van der Waals surface area contributed by atoms with Crippen molar-refractivity contribution in [3.63, 3.8) is 0 Å². The average Bonchev–Trinajstić information content (AvgIpc) is 3.46. The lowest BCUT2D eigenvalue weighted by molar-refractivity contribution is -0.142. The SMILES string of the molecule is COc1ccc2c(Cc3ccc(OCCN4CCCC4)cc3)c(-c3ccc(C(F)(F)F)cc3C(F)(F)F)c(=O)oc2c1. The summed E-state index contributed by atoms with van der Waals surface area (Å²) in [5, 5.41) is 0.323. The largest absolute Gasteiger partial charge is 0.497 e. The molecule has 1 aliphatic rings. The van der Waals surface area contributed by atoms with Gasteiger partial charge in [0, 0.05) is 23.6 Å². The van der Waals surface area contributed by atoms with Crippen LogP contribution in [0.5, 0.6) is 11.5 Å². The van der Waals surface area contributed by atoms with Crippen molar-refractivity contribution in [2.24, 2.45) is 0 Å². The first-order chi connectivity index (χ1) is 19.9. The van der Waals surface area contributed by atoms with E-state index in [-0.39, 0.29) is 23.6 Å². The van der Waals surface area contributed by atoms with Gasteiger partial charge in [-0.25, -0.2) is 4.79 Å². The van der Waals surface area contributed by atoms with Gasteiger partial charge in [0.1, 0.15) is 23.7 Å². The van der Waals surface area contributed by atoms with E-state index in [2.05, 4.69) is 4.90 Å². The maximum atomic E-state index is 14.1. The van der Waals surface area contributed by atoms with Crippen molar-refractivity contribution < 1.29 is 40.2 Å². The normalized spacial score (nSPS) is 14.5. The zero-order valence-electron chi connectivity index (χ0n) is 22.6. The molecule has 0 aliphatic carbocycles. The molecule has 0 atom stereocenters. The van der Waals surface area contributed by atoms with Crippen molar-refractivity contribution in [2.45, 2.75) is 31.6 Å². The summed E-state index contributed by atoms with van der Waals surface area (Å²) in [4.78, 5) is 15.6. The van der Waals surface area contributed by atoms with Gasteiger partial charge in [0.15, 0.2) is 0 Å². The maximum absolute atomic E-state index is 14.1. The van der Waals surface area contributed by atoms with Gasteiger partial charge >= 0.3 is 18.0 Å². The molecule has 1 saturated heterocycles. The van der Waals surface area contributed by atoms with Crippen molar-refractivity contribution in [2.75, 3.05) is 33.4 Å². The molecular formula is C31H27F6NO4. The van der Waals surface area contributed by atoms with E-state index in [0.717, 1.165) is 19.6 Å². The lowest BCUT2D eigenvalue weighted by Gasteiger charge is -2.19. The lowest BCUT2D eigenvalue weighted by Crippen LogP contribution is -2.25. The Morgan fingerprint density at radius 1 is 0.857 bits per heavy atom. The molecule has 0 radical (unpaired) electrons. The van der Waals surface area contributed by atoms with E-state index in [1.807, 2.05) is 0 Å². The van der Waals surface area contributed by atoms with E-state index < -0.39 is 40.2 Å². The Labute approximate surface area is 237 Å². The molecule has 2 heterocycles. The molecule has 1 aliphatic heterocycles. The van der Waals surface area contributed by atoms with Gasteiger partial charge in [0.25, 0.3) is 0 Å². The van der Waals surface area contributed by atoms with Crippen molar-refractivity contribution in [1.29, 1.82) is 0 Å². The summed E-state index contributed by atoms with van der Waals surface area (Å²) >= 11 is 0. The minimum atomic E-state index is -5.18. The van der Waals surface area contributed by atoms with E-state index in [4.69, 9.17) is 13.9 Å². The Hall–Kier alpha value is -3.99. The van der Waals surface area contributed by atoms with Crippen LogP contribution < -0.4 is 15.1 Å². The predicted octanol–water partition coefficient (Wildman–Crippen LogP) is 7.57. The molecule has 5 nitrogen and oxygen atoms in total. The van der Waals surface area contributed by atoms with Crippen LogP contribution in [0.15, 0.2) is 69.9 Å². The van der Waals surface area contributed by atoms with Crippen LogP contribution in [0.2, 0.25) is 0 Å². The highest BCUT2D eigenvalue weighted by molar-refractivity contribution is 5.89. The van der Waals surface area contributed by atoms with Crippen molar-refractivity contribution in [3.8, 4) is 22.6 Å². The van der Waals surface area contributed by atoms with Crippen LogP contribution in [0.4, 0.5) is 26.3 Å². The van der Waals surface area contributed by atoms with E-state index in [9.17, 15) is 31.1 Å². The second-order valence-electron chi connectivity index (χ2n) is 10.1. The standard InChI is InChI=1S/C31H27F6NO4/c1-40-22-9-11-23-25(16-19-4-7-21(8-5-19)41-15-14-38-12-2-3-13-38)28(29(39)42-27(23)18-22)24-10-6-20(30(32,33)34)17-26(24)31(35,36)37/h4-11,17-18H,2-3,12-16H2,1H3. The van der Waals surface area contributed by atoms with Gasteiger partial charge in [-0.3, -0.25) is 4.90 Å². The molecule has 0 spiro atoms. The first kappa shape index (κ1) is 29.5. The quantitative estimate of drug-likeness (QED) is 0.156. The van der Waals surface area contributed by atoms with Crippen molar-refractivity contribution >= 4 is 11.0 Å². The highest BCUT2D eigenvalue weighted by Gasteiger charge is 2.39. The molecule has 0 saturated carbocycles. The molecule has 0 amide bonds. The smallest absolute Gasteiger partial charge is 0.417 e. The first-order valence-electron chi connectivity index (χ1n) is 13.3. The zero-order chi connectivity index (χ0) is 30.1. The van der Waals surface area contributed by atoms with Gasteiger partial charge < -0.3 is 13.9 Å². The van der Waals surface area contributed by atoms with Crippen LogP contribution in [0.25, 0.3) is 22.1 Å². The molecule has 1 fully saturated rings. The van der Waals surface area contributed by atoms with Gasteiger partial charge in [-0.1, -0.05) is 18.2 Å². The average molecular weight is 592 g/mol. The molecule has 0 unspecified atom stereocenters. The van der Waals surface area contributed by atoms with Gasteiger partial charge in [-0.15, -0.1) is 0 Å². The van der Waals surface area contributed by atoms with Crippen LogP contribution in [0, 0.1) is 0 Å². The molecule has 222 valence electrons. The van der Waals surface area contributed by atoms with Crippen LogP contribution in [0.3, 0.4) is 0 Å². The number of likely N-dealkylation sites (tertiary alicyclic amines) is 1. The number of benzene rings is 3. The summed E-state index contributed by atoms with van der Waals surface area (Å²) in [5.41, 5.74) is -4.43. The Kier molecular flexibility index (Phi) is 8.23. The molecule has 1 aromatic heterocycles. The highest BCUT2D eigenvalue weighted by atomic mass is 19.4. The van der Waals surface area contributed by atoms with Crippen molar-refractivity contribution in [3.05, 3.63) is 93.3 Å². The summed E-state index contributed by atoms with van der Waals surface area (Å²) in [6, 6.07) is 12.7. The second-order valence-corrected chi connectivity index (χ2v) is 10.1. The fourth-order valence-electron chi connectivity index (χ4n) is 5.21. The first-order valence-corrected chi connectivity index (χ1v) is 13.3. The van der Waals surface area contributed by atoms with E-state index >= 15 is 0 Å². The van der Waals surface area contributed by atoms with Crippen LogP contribution in [-0.4, -0.2) is 38.3 Å². The summed E-state index contributed by atoms with van der Waals surface area (Å²) in [7, 11) is 1.40. The van der Waals surface area contributed by atoms with Crippen LogP contribution >= 0.6 is 0 Å². The minimum absolute atomic E-state index is 0.00383. The molecule has 11 heteroatoms. The fourth-order valence-corrected chi connectivity index (χ4v) is 5.21. The zero-order valence-corrected chi connectivity index (χ0v) is 22.6. The maximum Gasteiger partial charge on any atom is 0.417 e. The van der Waals surface area contributed by atoms with Gasteiger partial charge in [-0.2, -0.15) is 26.3 Å². The monoisotopic (exact) mass is 591 g/mol. The fraction of sp³-hybridized carbons (Fsp3) is 0.323. The molecule has 3 aromatic carbocycles. The molecule has 5 rings (SSSR count). The third-order valence-electron chi connectivity index (χ3n) is 7.32. The number of fused-ring (bicyclic) bond motifs is 1. The number of nitrogens with zero attached hydrogens (tertiary/aromatic N) is 1. The summed E-state index contributed by atoms with van der Waals surface area (Å²) in [6.45, 7) is 3.40. The second kappa shape index (κ2) is 11.7. The predicted molar refractivity (Wildman–Crippen MR) is 145 cm³/mol. The van der Waals surface area contributed by atoms with E-state index in [0.29, 0.717) is 41.2 Å². The molecule has 0 N–H and O–H groups in total. The Morgan fingerprint density at radius 2 is 1.55 bits per heavy atom. The molecule has 42 heavy (non-hydrogen) atoms. The van der Waals surface area contributed by atoms with Crippen LogP contribution in [-0.2, 0) is 18.8 Å². The molecule has 0 bridgehead atoms. The number of ether oxygens (including phenoxy) is 2. The lowest BCUT2D eigenvalue weighted by atomic mass is 9.90. The summed E-state index contributed by atoms with van der Waals surface area (Å²) in [6.07, 6.45) is -7.84. The Bertz CT molecular complexity index is 1620. The van der Waals surface area contributed by atoms with Gasteiger partial charge in [0.2, 0.25) is 0 Å². The van der Waals surface area contributed by atoms with E-state index in [1.165, 1.54) is 26.0 Å². The van der Waals surface area contributed by atoms with E-state index in [1.54, 1.807) is 36.4 Å². The number of halogens is 6. The third-order valence-corrected chi connectivity index (χ3v) is 7.32. The Balaban J connectivity index is 1.57. The number of methoxy groups -OCH3 is 1. The topological polar surface area (TPSA) is 51.9 Å². The van der Waals surface area contributed by atoms with Gasteiger partial charge in [-0.05, 0) is 79.9 Å². The number of alkyl halides is 6. The highest BCUT2D eigenvalue weighted by Crippen LogP contribution is 2.42. The van der Waals surface area contributed by atoms with Gasteiger partial charge in [0.05, 0.1) is 23.8 Å². The molecular weight excluding hydrogens is 564 g/mol. The summed E-state index contributed by atoms with van der Waals surface area (Å²) in [5.74, 6) is 0.965. The number of hydrogen-bond acceptors (Lipinski definition) is 5.